The molecule has 0 aliphatic rings. The summed E-state index contributed by atoms with van der Waals surface area (Å²) in [5.41, 5.74) is 6.42. The maximum atomic E-state index is 11.0. The van der Waals surface area contributed by atoms with E-state index in [1.54, 1.807) is 24.3 Å². The topological polar surface area (TPSA) is 151 Å². The highest BCUT2D eigenvalue weighted by molar-refractivity contribution is 7.79. The minimum Gasteiger partial charge on any atom is -0.353 e. The third kappa shape index (κ3) is 6.84. The van der Waals surface area contributed by atoms with Gasteiger partial charge >= 0.3 is 0 Å². The Morgan fingerprint density at radius 3 is 2.35 bits per heavy atom. The van der Waals surface area contributed by atoms with Gasteiger partial charge in [-0.15, -0.1) is 0 Å². The highest BCUT2D eigenvalue weighted by atomic mass is 32.2. The van der Waals surface area contributed by atoms with Crippen molar-refractivity contribution >= 4 is 28.1 Å². The third-order valence-corrected chi connectivity index (χ3v) is 4.61. The predicted octanol–water partition coefficient (Wildman–Crippen LogP) is 0.568. The first kappa shape index (κ1) is 20.5. The van der Waals surface area contributed by atoms with Crippen molar-refractivity contribution < 1.29 is 17.5 Å². The summed E-state index contributed by atoms with van der Waals surface area (Å²) in [7, 11) is 0. The summed E-state index contributed by atoms with van der Waals surface area (Å²) in [6.07, 6.45) is 1.77. The van der Waals surface area contributed by atoms with E-state index in [4.69, 9.17) is 14.8 Å². The minimum absolute atomic E-state index is 0.0684. The van der Waals surface area contributed by atoms with Crippen molar-refractivity contribution in [3.63, 3.8) is 0 Å². The second-order valence-corrected chi connectivity index (χ2v) is 7.43. The fourth-order valence-electron chi connectivity index (χ4n) is 2.15. The number of aromatic nitrogens is 3. The Labute approximate surface area is 156 Å². The molecule has 5 N–H and O–H groups in total. The molecule has 1 aromatic carbocycles. The molecule has 0 aliphatic carbocycles. The maximum absolute atomic E-state index is 11.0. The zero-order valence-corrected chi connectivity index (χ0v) is 15.6. The Bertz CT molecular complexity index is 773. The summed E-state index contributed by atoms with van der Waals surface area (Å²) in [5.74, 6) is 1.55. The monoisotopic (exact) mass is 399 g/mol. The first-order valence-corrected chi connectivity index (χ1v) is 10.3. The fourth-order valence-corrected chi connectivity index (χ4v) is 2.80. The van der Waals surface area contributed by atoms with Crippen LogP contribution in [0, 0.1) is 0 Å². The normalized spacial score (nSPS) is 13.3. The Balaban J connectivity index is 2.16. The molecule has 2 rings (SSSR count). The lowest BCUT2D eigenvalue weighted by Crippen LogP contribution is -2.15. The molecule has 0 aliphatic heterocycles. The molecular weight excluding hydrogens is 378 g/mol. The maximum Gasteiger partial charge on any atom is 0.226 e. The highest BCUT2D eigenvalue weighted by Crippen LogP contribution is 2.12. The van der Waals surface area contributed by atoms with Crippen LogP contribution in [0.1, 0.15) is 23.6 Å². The van der Waals surface area contributed by atoms with Gasteiger partial charge in [0.25, 0.3) is 0 Å². The summed E-state index contributed by atoms with van der Waals surface area (Å²) >= 11 is -3.90. The number of anilines is 1. The van der Waals surface area contributed by atoms with Crippen LogP contribution in [0.2, 0.25) is 0 Å². The second kappa shape index (κ2) is 10.4. The van der Waals surface area contributed by atoms with Crippen molar-refractivity contribution in [2.75, 3.05) is 24.2 Å². The predicted molar refractivity (Wildman–Crippen MR) is 99.6 cm³/mol. The van der Waals surface area contributed by atoms with Gasteiger partial charge in [0.1, 0.15) is 11.6 Å². The molecule has 26 heavy (non-hydrogen) atoms. The van der Waals surface area contributed by atoms with Gasteiger partial charge in [0.15, 0.2) is 22.2 Å². The third-order valence-electron chi connectivity index (χ3n) is 3.38. The molecule has 142 valence electrons. The smallest absolute Gasteiger partial charge is 0.226 e. The fraction of sp³-hybridized carbons (Fsp3) is 0.400. The molecule has 0 saturated carbocycles. The van der Waals surface area contributed by atoms with E-state index >= 15 is 0 Å². The molecule has 0 amide bonds. The molecule has 2 atom stereocenters. The lowest BCUT2D eigenvalue weighted by molar-refractivity contribution is 0.563. The van der Waals surface area contributed by atoms with Crippen molar-refractivity contribution in [3.8, 4) is 0 Å². The van der Waals surface area contributed by atoms with Gasteiger partial charge < -0.3 is 20.2 Å². The van der Waals surface area contributed by atoms with E-state index in [0.29, 0.717) is 41.9 Å². The average molecular weight is 399 g/mol. The second-order valence-electron chi connectivity index (χ2n) is 5.41. The van der Waals surface area contributed by atoms with Gasteiger partial charge in [-0.1, -0.05) is 12.1 Å². The molecule has 1 heterocycles. The van der Waals surface area contributed by atoms with Crippen LogP contribution in [0.4, 0.5) is 5.95 Å². The summed E-state index contributed by atoms with van der Waals surface area (Å²) in [5, 5.41) is 2.92. The van der Waals surface area contributed by atoms with E-state index in [1.165, 1.54) is 0 Å². The molecule has 0 bridgehead atoms. The first-order valence-electron chi connectivity index (χ1n) is 7.93. The van der Waals surface area contributed by atoms with E-state index in [2.05, 4.69) is 20.3 Å². The quantitative estimate of drug-likeness (QED) is 0.420. The Kier molecular flexibility index (Phi) is 8.19. The molecule has 0 fully saturated rings. The molecular formula is C15H21N5O4S2. The zero-order chi connectivity index (χ0) is 18.9. The Morgan fingerprint density at radius 2 is 1.73 bits per heavy atom. The molecule has 1 aromatic heterocycles. The summed E-state index contributed by atoms with van der Waals surface area (Å²) in [6.45, 7) is 0.785. The van der Waals surface area contributed by atoms with E-state index in [0.717, 1.165) is 12.0 Å². The highest BCUT2D eigenvalue weighted by Gasteiger charge is 2.09. The van der Waals surface area contributed by atoms with Crippen molar-refractivity contribution in [3.05, 3.63) is 41.5 Å². The average Bonchev–Trinajstić information content (AvgIpc) is 2.60. The molecule has 2 unspecified atom stereocenters. The number of aryl methyl sites for hydroxylation is 1. The van der Waals surface area contributed by atoms with Crippen molar-refractivity contribution in [2.45, 2.75) is 24.2 Å². The Morgan fingerprint density at radius 1 is 1.04 bits per heavy atom. The molecule has 0 spiro atoms. The molecule has 0 radical (unpaired) electrons. The largest absolute Gasteiger partial charge is 0.353 e. The van der Waals surface area contributed by atoms with Crippen molar-refractivity contribution in [1.29, 1.82) is 0 Å². The minimum atomic E-state index is -2.01. The van der Waals surface area contributed by atoms with Crippen LogP contribution in [0.3, 0.4) is 0 Å². The number of nitrogens with zero attached hydrogens (tertiary/aromatic N) is 3. The van der Waals surface area contributed by atoms with Gasteiger partial charge in [0.05, 0.1) is 10.6 Å². The van der Waals surface area contributed by atoms with Crippen LogP contribution in [0.5, 0.6) is 0 Å². The standard InChI is InChI=1S/C15H21N5O4S2/c16-7-1-2-13-18-14(20-15(19-13)17-8-9-25(21)22)10-11-3-5-12(6-4-11)26(23)24/h3-6H,1-2,7-10,16H2,(H,21,22)(H,23,24)(H,17,18,19,20). The zero-order valence-electron chi connectivity index (χ0n) is 14.0. The number of nitrogens with one attached hydrogen (secondary N) is 1. The van der Waals surface area contributed by atoms with Gasteiger partial charge in [0.2, 0.25) is 5.95 Å². The number of hydrogen-bond acceptors (Lipinski definition) is 7. The summed E-state index contributed by atoms with van der Waals surface area (Å²) < 4.78 is 39.7. The lowest BCUT2D eigenvalue weighted by atomic mass is 10.1. The van der Waals surface area contributed by atoms with Crippen LogP contribution >= 0.6 is 0 Å². The Hall–Kier alpha value is -1.79. The summed E-state index contributed by atoms with van der Waals surface area (Å²) in [4.78, 5) is 13.4. The first-order chi connectivity index (χ1) is 12.5. The number of benzene rings is 1. The van der Waals surface area contributed by atoms with Crippen molar-refractivity contribution in [2.24, 2.45) is 5.73 Å². The van der Waals surface area contributed by atoms with Gasteiger partial charge in [-0.05, 0) is 30.7 Å². The molecule has 2 aromatic rings. The van der Waals surface area contributed by atoms with Gasteiger partial charge in [-0.2, -0.15) is 9.97 Å². The number of rotatable bonds is 10. The number of hydrogen-bond donors (Lipinski definition) is 4. The van der Waals surface area contributed by atoms with E-state index in [9.17, 15) is 8.42 Å². The van der Waals surface area contributed by atoms with Crippen LogP contribution in [0.25, 0.3) is 0 Å². The molecule has 0 saturated heterocycles. The lowest BCUT2D eigenvalue weighted by Gasteiger charge is -2.09. The molecule has 11 heteroatoms. The molecule has 9 nitrogen and oxygen atoms in total. The van der Waals surface area contributed by atoms with E-state index in [1.807, 2.05) is 0 Å². The van der Waals surface area contributed by atoms with Gasteiger partial charge in [-0.25, -0.2) is 13.4 Å². The van der Waals surface area contributed by atoms with Crippen LogP contribution in [-0.2, 0) is 35.0 Å². The SMILES string of the molecule is NCCCc1nc(Cc2ccc(S(=O)O)cc2)nc(NCCS(=O)O)n1. The summed E-state index contributed by atoms with van der Waals surface area (Å²) in [6, 6.07) is 6.65. The van der Waals surface area contributed by atoms with Crippen LogP contribution < -0.4 is 11.1 Å². The van der Waals surface area contributed by atoms with E-state index < -0.39 is 22.2 Å². The number of nitrogens with two attached hydrogens (primary N) is 1. The van der Waals surface area contributed by atoms with Gasteiger partial charge in [0, 0.05) is 19.4 Å². The van der Waals surface area contributed by atoms with Crippen molar-refractivity contribution in [1.82, 2.24) is 15.0 Å². The van der Waals surface area contributed by atoms with E-state index in [-0.39, 0.29) is 12.3 Å². The van der Waals surface area contributed by atoms with Crippen LogP contribution in [-0.4, -0.2) is 51.3 Å². The van der Waals surface area contributed by atoms with Gasteiger partial charge in [-0.3, -0.25) is 0 Å². The van der Waals surface area contributed by atoms with Crippen LogP contribution in [0.15, 0.2) is 29.2 Å².